The second-order valence-electron chi connectivity index (χ2n) is 4.70. The number of nitrogens with zero attached hydrogens (tertiary/aromatic N) is 1. The predicted octanol–water partition coefficient (Wildman–Crippen LogP) is 2.67. The fraction of sp³-hybridized carbons (Fsp3) is 0.333. The Morgan fingerprint density at radius 1 is 1.38 bits per heavy atom. The summed E-state index contributed by atoms with van der Waals surface area (Å²) in [5.41, 5.74) is 2.57. The molecule has 112 valence electrons. The van der Waals surface area contributed by atoms with Crippen LogP contribution < -0.4 is 16.0 Å². The van der Waals surface area contributed by atoms with Gasteiger partial charge in [-0.2, -0.15) is 0 Å². The van der Waals surface area contributed by atoms with Crippen LogP contribution in [0.25, 0.3) is 0 Å². The number of benzene rings is 1. The monoisotopic (exact) mass is 288 g/mol. The zero-order chi connectivity index (χ0) is 15.1. The first-order chi connectivity index (χ1) is 10.2. The normalized spacial score (nSPS) is 11.9. The van der Waals surface area contributed by atoms with E-state index in [1.54, 1.807) is 6.07 Å². The Labute approximate surface area is 123 Å². The molecule has 0 spiro atoms. The Balaban J connectivity index is 1.89. The quantitative estimate of drug-likeness (QED) is 0.763. The number of rotatable bonds is 6. The lowest BCUT2D eigenvalue weighted by molar-refractivity contribution is 0.251. The van der Waals surface area contributed by atoms with Crippen LogP contribution in [0.4, 0.5) is 10.5 Å². The molecule has 3 N–H and O–H groups in total. The van der Waals surface area contributed by atoms with E-state index in [2.05, 4.69) is 35.0 Å². The summed E-state index contributed by atoms with van der Waals surface area (Å²) in [6.45, 7) is 5.38. The number of hydrogen-bond acceptors (Lipinski definition) is 4. The van der Waals surface area contributed by atoms with Gasteiger partial charge in [0.25, 0.3) is 0 Å². The van der Waals surface area contributed by atoms with Gasteiger partial charge in [0.15, 0.2) is 0 Å². The van der Waals surface area contributed by atoms with Gasteiger partial charge < -0.3 is 20.5 Å². The third-order valence-electron chi connectivity index (χ3n) is 3.08. The molecule has 2 aromatic rings. The lowest BCUT2D eigenvalue weighted by atomic mass is 10.1. The summed E-state index contributed by atoms with van der Waals surface area (Å²) < 4.78 is 4.70. The molecule has 1 unspecified atom stereocenters. The minimum Gasteiger partial charge on any atom is -0.364 e. The van der Waals surface area contributed by atoms with Crippen molar-refractivity contribution >= 4 is 11.7 Å². The van der Waals surface area contributed by atoms with Gasteiger partial charge in [-0.3, -0.25) is 0 Å². The van der Waals surface area contributed by atoms with Gasteiger partial charge in [-0.05, 0) is 31.2 Å². The molecule has 1 atom stereocenters. The number of nitrogens with one attached hydrogen (secondary N) is 3. The molecule has 0 aliphatic heterocycles. The summed E-state index contributed by atoms with van der Waals surface area (Å²) in [4.78, 5) is 11.8. The highest BCUT2D eigenvalue weighted by Gasteiger charge is 2.07. The van der Waals surface area contributed by atoms with Crippen LogP contribution in [0.15, 0.2) is 41.1 Å². The van der Waals surface area contributed by atoms with Crippen LogP contribution in [0.1, 0.15) is 31.1 Å². The smallest absolute Gasteiger partial charge is 0.319 e. The standard InChI is InChI=1S/C15H20N4O2/c1-3-16-11(2)12-5-4-6-13(9-12)18-15(20)17-10-14-7-8-21-19-14/h4-9,11,16H,3,10H2,1-2H3,(H2,17,18,20). The number of carbonyl (C=O) groups excluding carboxylic acids is 1. The van der Waals surface area contributed by atoms with Gasteiger partial charge in [0, 0.05) is 17.8 Å². The van der Waals surface area contributed by atoms with Gasteiger partial charge in [0.05, 0.1) is 6.54 Å². The van der Waals surface area contributed by atoms with Crippen molar-refractivity contribution < 1.29 is 9.32 Å². The Kier molecular flexibility index (Phi) is 5.34. The van der Waals surface area contributed by atoms with E-state index in [0.717, 1.165) is 17.8 Å². The number of urea groups is 1. The molecular formula is C15H20N4O2. The average molecular weight is 288 g/mol. The van der Waals surface area contributed by atoms with Crippen LogP contribution in [-0.4, -0.2) is 17.7 Å². The third kappa shape index (κ3) is 4.61. The first-order valence-corrected chi connectivity index (χ1v) is 6.96. The molecule has 6 nitrogen and oxygen atoms in total. The molecule has 2 amide bonds. The minimum absolute atomic E-state index is 0.245. The van der Waals surface area contributed by atoms with Gasteiger partial charge >= 0.3 is 6.03 Å². The largest absolute Gasteiger partial charge is 0.364 e. The number of carbonyl (C=O) groups is 1. The van der Waals surface area contributed by atoms with Gasteiger partial charge in [-0.25, -0.2) is 4.79 Å². The molecule has 0 aliphatic rings. The molecule has 1 aromatic heterocycles. The highest BCUT2D eigenvalue weighted by molar-refractivity contribution is 5.89. The van der Waals surface area contributed by atoms with Crippen molar-refractivity contribution in [2.24, 2.45) is 0 Å². The predicted molar refractivity (Wildman–Crippen MR) is 80.9 cm³/mol. The molecule has 0 aliphatic carbocycles. The number of anilines is 1. The van der Waals surface area contributed by atoms with Crippen LogP contribution in [0.2, 0.25) is 0 Å². The summed E-state index contributed by atoms with van der Waals surface area (Å²) >= 11 is 0. The van der Waals surface area contributed by atoms with Crippen LogP contribution in [-0.2, 0) is 6.54 Å². The van der Waals surface area contributed by atoms with E-state index in [1.807, 2.05) is 24.3 Å². The number of hydrogen-bond donors (Lipinski definition) is 3. The molecule has 0 radical (unpaired) electrons. The second kappa shape index (κ2) is 7.44. The van der Waals surface area contributed by atoms with Gasteiger partial charge in [0.2, 0.25) is 0 Å². The zero-order valence-corrected chi connectivity index (χ0v) is 12.2. The topological polar surface area (TPSA) is 79.2 Å². The highest BCUT2D eigenvalue weighted by atomic mass is 16.5. The van der Waals surface area contributed by atoms with Crippen molar-refractivity contribution in [3.63, 3.8) is 0 Å². The van der Waals surface area contributed by atoms with Crippen molar-refractivity contribution in [1.82, 2.24) is 15.8 Å². The molecule has 2 rings (SSSR count). The molecule has 6 heteroatoms. The molecule has 0 fully saturated rings. The summed E-state index contributed by atoms with van der Waals surface area (Å²) in [5.74, 6) is 0. The highest BCUT2D eigenvalue weighted by Crippen LogP contribution is 2.17. The van der Waals surface area contributed by atoms with Crippen molar-refractivity contribution in [1.29, 1.82) is 0 Å². The second-order valence-corrected chi connectivity index (χ2v) is 4.70. The average Bonchev–Trinajstić information content (AvgIpc) is 2.99. The van der Waals surface area contributed by atoms with Gasteiger partial charge in [-0.15, -0.1) is 0 Å². The number of aromatic nitrogens is 1. The Bertz CT molecular complexity index is 569. The molecule has 0 bridgehead atoms. The van der Waals surface area contributed by atoms with Gasteiger partial charge in [0.1, 0.15) is 12.0 Å². The van der Waals surface area contributed by atoms with E-state index >= 15 is 0 Å². The first kappa shape index (κ1) is 15.1. The molecule has 21 heavy (non-hydrogen) atoms. The number of amides is 2. The Morgan fingerprint density at radius 2 is 2.24 bits per heavy atom. The maximum absolute atomic E-state index is 11.8. The van der Waals surface area contributed by atoms with E-state index < -0.39 is 0 Å². The molecular weight excluding hydrogens is 268 g/mol. The summed E-state index contributed by atoms with van der Waals surface area (Å²) in [7, 11) is 0. The fourth-order valence-electron chi connectivity index (χ4n) is 1.98. The maximum atomic E-state index is 11.8. The Morgan fingerprint density at radius 3 is 2.95 bits per heavy atom. The van der Waals surface area contributed by atoms with Crippen LogP contribution >= 0.6 is 0 Å². The molecule has 1 aromatic carbocycles. The third-order valence-corrected chi connectivity index (χ3v) is 3.08. The van der Waals surface area contributed by atoms with E-state index in [0.29, 0.717) is 12.2 Å². The summed E-state index contributed by atoms with van der Waals surface area (Å²) in [5, 5.41) is 12.6. The van der Waals surface area contributed by atoms with Crippen LogP contribution in [0, 0.1) is 0 Å². The first-order valence-electron chi connectivity index (χ1n) is 6.96. The lowest BCUT2D eigenvalue weighted by Crippen LogP contribution is -2.28. The molecule has 0 saturated carbocycles. The van der Waals surface area contributed by atoms with Gasteiger partial charge in [-0.1, -0.05) is 24.2 Å². The van der Waals surface area contributed by atoms with Crippen LogP contribution in [0.5, 0.6) is 0 Å². The lowest BCUT2D eigenvalue weighted by Gasteiger charge is -2.14. The van der Waals surface area contributed by atoms with E-state index in [1.165, 1.54) is 6.26 Å². The SMILES string of the molecule is CCNC(C)c1cccc(NC(=O)NCc2ccon2)c1. The van der Waals surface area contributed by atoms with E-state index in [4.69, 9.17) is 4.52 Å². The van der Waals surface area contributed by atoms with Crippen LogP contribution in [0.3, 0.4) is 0 Å². The van der Waals surface area contributed by atoms with E-state index in [9.17, 15) is 4.79 Å². The fourth-order valence-corrected chi connectivity index (χ4v) is 1.98. The summed E-state index contributed by atoms with van der Waals surface area (Å²) in [6.07, 6.45) is 1.47. The maximum Gasteiger partial charge on any atom is 0.319 e. The Hall–Kier alpha value is -2.34. The molecule has 0 saturated heterocycles. The van der Waals surface area contributed by atoms with Crippen molar-refractivity contribution in [2.75, 3.05) is 11.9 Å². The van der Waals surface area contributed by atoms with Crippen molar-refractivity contribution in [3.05, 3.63) is 47.9 Å². The summed E-state index contributed by atoms with van der Waals surface area (Å²) in [6, 6.07) is 9.46. The zero-order valence-electron chi connectivity index (χ0n) is 12.2. The van der Waals surface area contributed by atoms with Crippen molar-refractivity contribution in [2.45, 2.75) is 26.4 Å². The molecule has 1 heterocycles. The van der Waals surface area contributed by atoms with E-state index in [-0.39, 0.29) is 12.1 Å². The van der Waals surface area contributed by atoms with Crippen molar-refractivity contribution in [3.8, 4) is 0 Å². The minimum atomic E-state index is -0.272.